The second kappa shape index (κ2) is 6.26. The summed E-state index contributed by atoms with van der Waals surface area (Å²) in [7, 11) is 1.66. The van der Waals surface area contributed by atoms with E-state index in [4.69, 9.17) is 34.8 Å². The van der Waals surface area contributed by atoms with Crippen LogP contribution in [0.1, 0.15) is 16.1 Å². The molecule has 104 valence electrons. The Labute approximate surface area is 130 Å². The summed E-state index contributed by atoms with van der Waals surface area (Å²) >= 11 is 17.7. The molecule has 0 saturated heterocycles. The van der Waals surface area contributed by atoms with Crippen molar-refractivity contribution in [3.8, 4) is 0 Å². The predicted molar refractivity (Wildman–Crippen MR) is 79.7 cm³/mol. The Balaban J connectivity index is 2.08. The van der Waals surface area contributed by atoms with Crippen molar-refractivity contribution in [3.05, 3.63) is 50.7 Å². The van der Waals surface area contributed by atoms with Crippen LogP contribution in [0.25, 0.3) is 0 Å². The lowest BCUT2D eigenvalue weighted by Gasteiger charge is -2.00. The first-order valence-electron chi connectivity index (χ1n) is 5.45. The highest BCUT2D eigenvalue weighted by molar-refractivity contribution is 6.43. The van der Waals surface area contributed by atoms with Gasteiger partial charge in [0, 0.05) is 18.8 Å². The van der Waals surface area contributed by atoms with Gasteiger partial charge < -0.3 is 0 Å². The van der Waals surface area contributed by atoms with Gasteiger partial charge in [-0.1, -0.05) is 46.9 Å². The van der Waals surface area contributed by atoms with Crippen LogP contribution in [0.5, 0.6) is 0 Å². The Kier molecular flexibility index (Phi) is 4.65. The topological polar surface area (TPSA) is 59.3 Å². The second-order valence-corrected chi connectivity index (χ2v) is 5.03. The number of hydrogen-bond donors (Lipinski definition) is 1. The number of carbonyl (C=O) groups excluding carboxylic acids is 1. The summed E-state index contributed by atoms with van der Waals surface area (Å²) in [5.74, 6) is -0.509. The second-order valence-electron chi connectivity index (χ2n) is 3.84. The van der Waals surface area contributed by atoms with Crippen LogP contribution in [-0.4, -0.2) is 21.9 Å². The quantitative estimate of drug-likeness (QED) is 0.694. The summed E-state index contributed by atoms with van der Waals surface area (Å²) in [4.78, 5) is 11.8. The van der Waals surface area contributed by atoms with Crippen LogP contribution >= 0.6 is 34.8 Å². The fraction of sp³-hybridized carbons (Fsp3) is 0.0833. The van der Waals surface area contributed by atoms with Gasteiger partial charge >= 0.3 is 0 Å². The minimum Gasteiger partial charge on any atom is -0.273 e. The van der Waals surface area contributed by atoms with Crippen LogP contribution in [0.4, 0.5) is 0 Å². The van der Waals surface area contributed by atoms with Gasteiger partial charge in [0.15, 0.2) is 5.69 Å². The molecular formula is C12H9Cl3N4O. The van der Waals surface area contributed by atoms with Crippen molar-refractivity contribution in [2.75, 3.05) is 0 Å². The number of nitrogens with zero attached hydrogens (tertiary/aromatic N) is 3. The Bertz CT molecular complexity index is 681. The fourth-order valence-corrected chi connectivity index (χ4v) is 2.07. The maximum atomic E-state index is 11.8. The normalized spacial score (nSPS) is 11.0. The molecular weight excluding hydrogens is 323 g/mol. The molecule has 0 saturated carbocycles. The molecule has 20 heavy (non-hydrogen) atoms. The van der Waals surface area contributed by atoms with Crippen LogP contribution in [-0.2, 0) is 7.05 Å². The van der Waals surface area contributed by atoms with Gasteiger partial charge in [-0.2, -0.15) is 10.2 Å². The lowest BCUT2D eigenvalue weighted by atomic mass is 10.2. The molecule has 0 spiro atoms. The first-order valence-corrected chi connectivity index (χ1v) is 6.59. The van der Waals surface area contributed by atoms with Crippen molar-refractivity contribution in [1.82, 2.24) is 15.2 Å². The first-order chi connectivity index (χ1) is 9.49. The Morgan fingerprint density at radius 3 is 2.75 bits per heavy atom. The monoisotopic (exact) mass is 330 g/mol. The summed E-state index contributed by atoms with van der Waals surface area (Å²) in [6.07, 6.45) is 2.91. The average Bonchev–Trinajstić information content (AvgIpc) is 2.73. The molecule has 0 atom stereocenters. The molecule has 2 rings (SSSR count). The van der Waals surface area contributed by atoms with Gasteiger partial charge in [-0.25, -0.2) is 5.43 Å². The smallest absolute Gasteiger partial charge is 0.273 e. The zero-order valence-electron chi connectivity index (χ0n) is 10.3. The molecule has 1 aromatic carbocycles. The van der Waals surface area contributed by atoms with Crippen LogP contribution in [0, 0.1) is 0 Å². The molecule has 1 heterocycles. The van der Waals surface area contributed by atoms with Gasteiger partial charge in [0.25, 0.3) is 5.91 Å². The van der Waals surface area contributed by atoms with Crippen molar-refractivity contribution < 1.29 is 4.79 Å². The lowest BCUT2D eigenvalue weighted by Crippen LogP contribution is -2.18. The van der Waals surface area contributed by atoms with E-state index in [1.807, 2.05) is 0 Å². The van der Waals surface area contributed by atoms with Gasteiger partial charge in [0.2, 0.25) is 0 Å². The Hall–Kier alpha value is -1.56. The molecule has 0 fully saturated rings. The summed E-state index contributed by atoms with van der Waals surface area (Å²) in [6.45, 7) is 0. The molecule has 0 aliphatic rings. The summed E-state index contributed by atoms with van der Waals surface area (Å²) in [6, 6.07) is 5.11. The summed E-state index contributed by atoms with van der Waals surface area (Å²) in [5.41, 5.74) is 3.01. The number of nitrogens with one attached hydrogen (secondary N) is 1. The van der Waals surface area contributed by atoms with Crippen LogP contribution in [0.2, 0.25) is 15.1 Å². The minimum atomic E-state index is -0.509. The molecule has 1 amide bonds. The zero-order valence-corrected chi connectivity index (χ0v) is 12.5. The van der Waals surface area contributed by atoms with E-state index in [1.165, 1.54) is 17.1 Å². The van der Waals surface area contributed by atoms with Crippen molar-refractivity contribution in [2.24, 2.45) is 12.1 Å². The summed E-state index contributed by atoms with van der Waals surface area (Å²) < 4.78 is 1.44. The van der Waals surface area contributed by atoms with E-state index < -0.39 is 5.91 Å². The third-order valence-corrected chi connectivity index (χ3v) is 3.46. The van der Waals surface area contributed by atoms with Crippen molar-refractivity contribution in [1.29, 1.82) is 0 Å². The standard InChI is InChI=1S/C12H9Cl3N4O/c1-19-6-9(14)11(18-19)12(20)17-16-5-7-3-2-4-8(13)10(7)15/h2-6H,1H3,(H,17,20)/b16-5-. The molecule has 0 bridgehead atoms. The van der Waals surface area contributed by atoms with E-state index in [1.54, 1.807) is 25.2 Å². The molecule has 0 unspecified atom stereocenters. The van der Waals surface area contributed by atoms with Gasteiger partial charge in [-0.3, -0.25) is 9.48 Å². The van der Waals surface area contributed by atoms with E-state index >= 15 is 0 Å². The minimum absolute atomic E-state index is 0.100. The fourth-order valence-electron chi connectivity index (χ4n) is 1.45. The van der Waals surface area contributed by atoms with Crippen LogP contribution in [0.15, 0.2) is 29.5 Å². The highest BCUT2D eigenvalue weighted by Gasteiger charge is 2.13. The SMILES string of the molecule is Cn1cc(Cl)c(C(=O)N/N=C\c2cccc(Cl)c2Cl)n1. The lowest BCUT2D eigenvalue weighted by molar-refractivity contribution is 0.0949. The average molecular weight is 332 g/mol. The highest BCUT2D eigenvalue weighted by Crippen LogP contribution is 2.24. The van der Waals surface area contributed by atoms with E-state index in [0.29, 0.717) is 15.6 Å². The van der Waals surface area contributed by atoms with Crippen LogP contribution < -0.4 is 5.43 Å². The van der Waals surface area contributed by atoms with E-state index in [9.17, 15) is 4.79 Å². The number of halogens is 3. The molecule has 1 aromatic heterocycles. The Morgan fingerprint density at radius 1 is 1.35 bits per heavy atom. The largest absolute Gasteiger partial charge is 0.293 e. The van der Waals surface area contributed by atoms with Crippen molar-refractivity contribution >= 4 is 46.9 Å². The van der Waals surface area contributed by atoms with E-state index in [-0.39, 0.29) is 10.7 Å². The van der Waals surface area contributed by atoms with E-state index in [0.717, 1.165) is 0 Å². The van der Waals surface area contributed by atoms with Gasteiger partial charge in [-0.05, 0) is 6.07 Å². The van der Waals surface area contributed by atoms with Crippen LogP contribution in [0.3, 0.4) is 0 Å². The number of hydrazone groups is 1. The summed E-state index contributed by atoms with van der Waals surface area (Å²) in [5, 5.41) is 8.74. The van der Waals surface area contributed by atoms with Crippen molar-refractivity contribution in [3.63, 3.8) is 0 Å². The number of benzene rings is 1. The predicted octanol–water partition coefficient (Wildman–Crippen LogP) is 3.14. The highest BCUT2D eigenvalue weighted by atomic mass is 35.5. The number of aryl methyl sites for hydroxylation is 1. The van der Waals surface area contributed by atoms with E-state index in [2.05, 4.69) is 15.6 Å². The molecule has 8 heteroatoms. The number of aromatic nitrogens is 2. The number of hydrogen-bond acceptors (Lipinski definition) is 3. The molecule has 0 aliphatic carbocycles. The molecule has 0 aliphatic heterocycles. The Morgan fingerprint density at radius 2 is 2.10 bits per heavy atom. The third kappa shape index (κ3) is 3.30. The number of amides is 1. The first kappa shape index (κ1) is 14.8. The maximum absolute atomic E-state index is 11.8. The van der Waals surface area contributed by atoms with Gasteiger partial charge in [0.1, 0.15) is 0 Å². The number of carbonyl (C=O) groups is 1. The molecule has 5 nitrogen and oxygen atoms in total. The molecule has 1 N–H and O–H groups in total. The maximum Gasteiger partial charge on any atom is 0.293 e. The van der Waals surface area contributed by atoms with Crippen molar-refractivity contribution in [2.45, 2.75) is 0 Å². The number of rotatable bonds is 3. The van der Waals surface area contributed by atoms with Gasteiger partial charge in [-0.15, -0.1) is 0 Å². The molecule has 0 radical (unpaired) electrons. The van der Waals surface area contributed by atoms with Gasteiger partial charge in [0.05, 0.1) is 21.3 Å². The third-order valence-electron chi connectivity index (χ3n) is 2.35. The zero-order chi connectivity index (χ0) is 14.7. The molecule has 2 aromatic rings.